The smallest absolute Gasteiger partial charge is 0.151 e. The molecular formula is C29H42N2O. The van der Waals surface area contributed by atoms with Crippen molar-refractivity contribution in [2.45, 2.75) is 85.2 Å². The molecule has 0 bridgehead atoms. The summed E-state index contributed by atoms with van der Waals surface area (Å²) in [6.45, 7) is 9.82. The number of rotatable bonds is 4. The first kappa shape index (κ1) is 21.3. The molecule has 0 N–H and O–H groups in total. The van der Waals surface area contributed by atoms with Crippen molar-refractivity contribution >= 4 is 6.08 Å². The highest BCUT2D eigenvalue weighted by molar-refractivity contribution is 5.40. The first-order valence-electron chi connectivity index (χ1n) is 13.3. The summed E-state index contributed by atoms with van der Waals surface area (Å²) in [5.74, 6) is 5.86. The highest BCUT2D eigenvalue weighted by atomic mass is 16.5. The van der Waals surface area contributed by atoms with Crippen molar-refractivity contribution in [3.63, 3.8) is 0 Å². The summed E-state index contributed by atoms with van der Waals surface area (Å²) in [4.78, 5) is 9.02. The van der Waals surface area contributed by atoms with Gasteiger partial charge in [-0.05, 0) is 117 Å². The van der Waals surface area contributed by atoms with E-state index in [9.17, 15) is 0 Å². The zero-order valence-corrected chi connectivity index (χ0v) is 20.8. The maximum Gasteiger partial charge on any atom is 0.151 e. The topological polar surface area (TPSA) is 35.0 Å². The average Bonchev–Trinajstić information content (AvgIpc) is 3.28. The normalized spacial score (nSPS) is 49.9. The van der Waals surface area contributed by atoms with Crippen molar-refractivity contribution < 1.29 is 4.74 Å². The second kappa shape index (κ2) is 7.14. The molecule has 174 valence electrons. The fourth-order valence-electron chi connectivity index (χ4n) is 10.4. The second-order valence-corrected chi connectivity index (χ2v) is 12.7. The van der Waals surface area contributed by atoms with Crippen molar-refractivity contribution in [1.29, 1.82) is 0 Å². The molecule has 5 aliphatic carbocycles. The largest absolute Gasteiger partial charge is 0.381 e. The minimum absolute atomic E-state index is 0.471. The van der Waals surface area contributed by atoms with Gasteiger partial charge in [0, 0.05) is 24.4 Å². The van der Waals surface area contributed by atoms with Gasteiger partial charge in [-0.15, -0.1) is 0 Å². The van der Waals surface area contributed by atoms with E-state index in [0.29, 0.717) is 28.3 Å². The zero-order chi connectivity index (χ0) is 22.3. The molecule has 0 radical (unpaired) electrons. The van der Waals surface area contributed by atoms with Crippen molar-refractivity contribution in [3.8, 4) is 0 Å². The van der Waals surface area contributed by atoms with E-state index in [1.165, 1.54) is 51.4 Å². The third kappa shape index (κ3) is 2.70. The molecule has 1 heterocycles. The van der Waals surface area contributed by atoms with Gasteiger partial charge in [-0.25, -0.2) is 9.97 Å². The van der Waals surface area contributed by atoms with Crippen LogP contribution in [0.4, 0.5) is 0 Å². The molecular weight excluding hydrogens is 392 g/mol. The van der Waals surface area contributed by atoms with Gasteiger partial charge >= 0.3 is 0 Å². The lowest BCUT2D eigenvalue weighted by molar-refractivity contribution is -0.160. The van der Waals surface area contributed by atoms with Crippen LogP contribution < -0.4 is 0 Å². The van der Waals surface area contributed by atoms with Crippen LogP contribution in [0.2, 0.25) is 0 Å². The first-order valence-corrected chi connectivity index (χ1v) is 13.3. The molecule has 0 aliphatic heterocycles. The number of hydrogen-bond acceptors (Lipinski definition) is 3. The Hall–Kier alpha value is -1.22. The Morgan fingerprint density at radius 1 is 1.12 bits per heavy atom. The molecule has 10 atom stereocenters. The Morgan fingerprint density at radius 3 is 2.72 bits per heavy atom. The molecule has 2 unspecified atom stereocenters. The maximum absolute atomic E-state index is 6.29. The van der Waals surface area contributed by atoms with Crippen molar-refractivity contribution in [2.24, 2.45) is 51.8 Å². The number of aryl methyl sites for hydroxylation is 1. The van der Waals surface area contributed by atoms with E-state index < -0.39 is 0 Å². The minimum atomic E-state index is 0.471. The van der Waals surface area contributed by atoms with Gasteiger partial charge in [-0.3, -0.25) is 0 Å². The standard InChI is InChI=1S/C29H42N2O/c1-18(6-9-26-30-15-12-19(2)31-26)22-7-8-23-21-16-25(32-5)29-17-20(29)10-14-28(29,4)24(21)11-13-27(22,23)3/h6,9,12,15,18,20-25H,7-8,10-11,13-14,16-17H2,1-5H3/b9-6+/t18-,20-,21+,22-,23+,24+,25?,27-,28-,29?/m1/s1. The molecule has 3 nitrogen and oxygen atoms in total. The van der Waals surface area contributed by atoms with Gasteiger partial charge in [0.2, 0.25) is 0 Å². The quantitative estimate of drug-likeness (QED) is 0.528. The lowest BCUT2D eigenvalue weighted by atomic mass is 9.45. The molecule has 1 aromatic heterocycles. The highest BCUT2D eigenvalue weighted by Crippen LogP contribution is 2.82. The van der Waals surface area contributed by atoms with Gasteiger partial charge in [0.15, 0.2) is 5.82 Å². The number of hydrogen-bond donors (Lipinski definition) is 0. The van der Waals surface area contributed by atoms with Gasteiger partial charge in [0.1, 0.15) is 0 Å². The van der Waals surface area contributed by atoms with E-state index in [-0.39, 0.29) is 0 Å². The molecule has 1 aromatic rings. The van der Waals surface area contributed by atoms with Gasteiger partial charge in [-0.2, -0.15) is 0 Å². The molecule has 5 aliphatic rings. The Bertz CT molecular complexity index is 927. The third-order valence-corrected chi connectivity index (χ3v) is 11.9. The van der Waals surface area contributed by atoms with Crippen LogP contribution in [0, 0.1) is 58.7 Å². The summed E-state index contributed by atoms with van der Waals surface area (Å²) in [5.41, 5.74) is 2.59. The van der Waals surface area contributed by atoms with Crippen LogP contribution in [0.1, 0.15) is 83.7 Å². The van der Waals surface area contributed by atoms with E-state index in [1.807, 2.05) is 26.3 Å². The van der Waals surface area contributed by atoms with E-state index in [0.717, 1.165) is 41.1 Å². The third-order valence-electron chi connectivity index (χ3n) is 11.9. The SMILES string of the molecule is COC1C[C@H]2[C@@H]3CC[C@H]([C@H](C)/C=C/c4nccc(C)n4)[C@@]3(C)CC[C@@H]2[C@@]2(C)CC[C@@H]3CC132. The number of fused-ring (bicyclic) bond motifs is 4. The lowest BCUT2D eigenvalue weighted by Crippen LogP contribution is -2.57. The summed E-state index contributed by atoms with van der Waals surface area (Å²) in [6, 6.07) is 1.97. The summed E-state index contributed by atoms with van der Waals surface area (Å²) in [7, 11) is 2.01. The summed E-state index contributed by atoms with van der Waals surface area (Å²) < 4.78 is 6.29. The van der Waals surface area contributed by atoms with Crippen LogP contribution in [0.3, 0.4) is 0 Å². The van der Waals surface area contributed by atoms with E-state index in [4.69, 9.17) is 4.74 Å². The van der Waals surface area contributed by atoms with Crippen LogP contribution >= 0.6 is 0 Å². The first-order chi connectivity index (χ1) is 15.3. The van der Waals surface area contributed by atoms with E-state index in [2.05, 4.69) is 42.9 Å². The van der Waals surface area contributed by atoms with Gasteiger partial charge in [0.25, 0.3) is 0 Å². The van der Waals surface area contributed by atoms with Crippen LogP contribution in [0.15, 0.2) is 18.3 Å². The van der Waals surface area contributed by atoms with Crippen molar-refractivity contribution in [1.82, 2.24) is 9.97 Å². The van der Waals surface area contributed by atoms with Crippen LogP contribution in [0.25, 0.3) is 6.08 Å². The molecule has 6 rings (SSSR count). The summed E-state index contributed by atoms with van der Waals surface area (Å²) in [6.07, 6.45) is 18.3. The van der Waals surface area contributed by atoms with Gasteiger partial charge in [0.05, 0.1) is 6.10 Å². The highest BCUT2D eigenvalue weighted by Gasteiger charge is 2.77. The Labute approximate surface area is 194 Å². The Balaban J connectivity index is 1.25. The van der Waals surface area contributed by atoms with Gasteiger partial charge in [-0.1, -0.05) is 26.8 Å². The molecule has 1 spiro atoms. The lowest BCUT2D eigenvalue weighted by Gasteiger charge is -2.61. The molecule has 3 heteroatoms. The van der Waals surface area contributed by atoms with E-state index in [1.54, 1.807) is 0 Å². The summed E-state index contributed by atoms with van der Waals surface area (Å²) >= 11 is 0. The predicted molar refractivity (Wildman–Crippen MR) is 129 cm³/mol. The van der Waals surface area contributed by atoms with Crippen LogP contribution in [0.5, 0.6) is 0 Å². The number of nitrogens with zero attached hydrogens (tertiary/aromatic N) is 2. The predicted octanol–water partition coefficient (Wildman–Crippen LogP) is 6.72. The molecule has 5 saturated carbocycles. The minimum Gasteiger partial charge on any atom is -0.381 e. The molecule has 5 fully saturated rings. The number of methoxy groups -OCH3 is 1. The van der Waals surface area contributed by atoms with Crippen LogP contribution in [-0.2, 0) is 4.74 Å². The average molecular weight is 435 g/mol. The number of allylic oxidation sites excluding steroid dienone is 1. The number of aromatic nitrogens is 2. The monoisotopic (exact) mass is 434 g/mol. The molecule has 0 saturated heterocycles. The number of ether oxygens (including phenoxy) is 1. The fourth-order valence-corrected chi connectivity index (χ4v) is 10.4. The Morgan fingerprint density at radius 2 is 1.97 bits per heavy atom. The van der Waals surface area contributed by atoms with Crippen molar-refractivity contribution in [2.75, 3.05) is 7.11 Å². The summed E-state index contributed by atoms with van der Waals surface area (Å²) in [5, 5.41) is 0. The second-order valence-electron chi connectivity index (χ2n) is 12.7. The van der Waals surface area contributed by atoms with Gasteiger partial charge < -0.3 is 4.74 Å². The molecule has 32 heavy (non-hydrogen) atoms. The molecule has 0 amide bonds. The fraction of sp³-hybridized carbons (Fsp3) is 0.793. The Kier molecular flexibility index (Phi) is 4.76. The maximum atomic E-state index is 6.29. The van der Waals surface area contributed by atoms with Crippen LogP contribution in [-0.4, -0.2) is 23.2 Å². The zero-order valence-electron chi connectivity index (χ0n) is 20.8. The molecule has 0 aromatic carbocycles. The van der Waals surface area contributed by atoms with E-state index >= 15 is 0 Å². The van der Waals surface area contributed by atoms with Crippen molar-refractivity contribution in [3.05, 3.63) is 29.9 Å².